The maximum absolute atomic E-state index is 12.7. The molecular formula is C15H16Cl3FNP. The summed E-state index contributed by atoms with van der Waals surface area (Å²) in [5.74, 6) is -1.40. The van der Waals surface area contributed by atoms with Crippen LogP contribution in [0.4, 0.5) is 10.1 Å². The highest BCUT2D eigenvalue weighted by Crippen LogP contribution is 2.51. The number of benzene rings is 2. The number of anilines is 1. The van der Waals surface area contributed by atoms with Gasteiger partial charge >= 0.3 is 0 Å². The summed E-state index contributed by atoms with van der Waals surface area (Å²) in [6, 6.07) is 14.9. The van der Waals surface area contributed by atoms with Gasteiger partial charge in [-0.15, -0.1) is 0 Å². The van der Waals surface area contributed by atoms with Gasteiger partial charge in [0.05, 0.1) is 0 Å². The van der Waals surface area contributed by atoms with Gasteiger partial charge in [-0.1, -0.05) is 63.6 Å². The van der Waals surface area contributed by atoms with E-state index >= 15 is 0 Å². The Balaban J connectivity index is 0.000000491. The number of nitrogens with one attached hydrogen (secondary N) is 1. The Bertz CT molecular complexity index is 532. The molecule has 0 fully saturated rings. The molecule has 6 heteroatoms. The molecule has 0 bridgehead atoms. The molecule has 114 valence electrons. The fraction of sp³-hybridized carbons (Fsp3) is 0.200. The Morgan fingerprint density at radius 3 is 2.24 bits per heavy atom. The summed E-state index contributed by atoms with van der Waals surface area (Å²) in [4.78, 5) is 0. The van der Waals surface area contributed by atoms with Gasteiger partial charge in [-0.2, -0.15) is 0 Å². The molecule has 0 spiro atoms. The molecule has 2 rings (SSSR count). The number of halogens is 4. The molecule has 0 aliphatic carbocycles. The molecule has 0 amide bonds. The minimum absolute atomic E-state index is 0.200. The molecule has 21 heavy (non-hydrogen) atoms. The van der Waals surface area contributed by atoms with Gasteiger partial charge in [-0.3, -0.25) is 0 Å². The Morgan fingerprint density at radius 1 is 1.05 bits per heavy atom. The highest BCUT2D eigenvalue weighted by molar-refractivity contribution is 8.20. The maximum Gasteiger partial charge on any atom is 0.179 e. The first-order valence-electron chi connectivity index (χ1n) is 6.30. The van der Waals surface area contributed by atoms with Gasteiger partial charge in [0.25, 0.3) is 0 Å². The molecule has 2 aromatic carbocycles. The molecule has 0 saturated heterocycles. The molecule has 0 saturated carbocycles. The molecule has 0 atom stereocenters. The summed E-state index contributed by atoms with van der Waals surface area (Å²) in [6.45, 7) is 2.95. The molecule has 1 N–H and O–H groups in total. The second kappa shape index (κ2) is 10.2. The number of hydrogen-bond donors (Lipinski definition) is 1. The minimum atomic E-state index is -1.20. The van der Waals surface area contributed by atoms with E-state index in [0.29, 0.717) is 0 Å². The zero-order chi connectivity index (χ0) is 15.7. The third kappa shape index (κ3) is 9.16. The normalized spacial score (nSPS) is 10.0. The van der Waals surface area contributed by atoms with Crippen molar-refractivity contribution >= 4 is 45.4 Å². The van der Waals surface area contributed by atoms with Crippen molar-refractivity contribution in [2.24, 2.45) is 0 Å². The van der Waals surface area contributed by atoms with Crippen molar-refractivity contribution in [2.45, 2.75) is 13.3 Å². The largest absolute Gasteiger partial charge is 0.385 e. The van der Waals surface area contributed by atoms with Crippen LogP contribution >= 0.6 is 39.7 Å². The standard InChI is InChI=1S/C15H16FN.Cl3P/c1-12-3-2-4-13(11-12)9-10-17-15-7-5-14(16)6-8-15;1-4(2)3/h2-8,11,17H,9-10H2,1H3;. The topological polar surface area (TPSA) is 12.0 Å². The third-order valence-corrected chi connectivity index (χ3v) is 2.67. The van der Waals surface area contributed by atoms with Crippen molar-refractivity contribution in [3.05, 3.63) is 65.5 Å². The van der Waals surface area contributed by atoms with E-state index in [1.54, 1.807) is 12.1 Å². The average Bonchev–Trinajstić information content (AvgIpc) is 2.40. The Morgan fingerprint density at radius 2 is 1.67 bits per heavy atom. The highest BCUT2D eigenvalue weighted by Gasteiger charge is 1.95. The number of hydrogen-bond acceptors (Lipinski definition) is 1. The van der Waals surface area contributed by atoms with Crippen LogP contribution in [0.25, 0.3) is 0 Å². The molecule has 2 aromatic rings. The Hall–Kier alpha value is -0.530. The lowest BCUT2D eigenvalue weighted by atomic mass is 10.1. The lowest BCUT2D eigenvalue weighted by Crippen LogP contribution is -2.04. The zero-order valence-corrected chi connectivity index (χ0v) is 14.7. The van der Waals surface area contributed by atoms with Crippen molar-refractivity contribution in [1.29, 1.82) is 0 Å². The first kappa shape index (κ1) is 18.5. The van der Waals surface area contributed by atoms with Gasteiger partial charge in [0.2, 0.25) is 0 Å². The average molecular weight is 367 g/mol. The molecule has 1 nitrogen and oxygen atoms in total. The summed E-state index contributed by atoms with van der Waals surface area (Å²) < 4.78 is 12.7. The van der Waals surface area contributed by atoms with E-state index in [9.17, 15) is 4.39 Å². The fourth-order valence-electron chi connectivity index (χ4n) is 1.79. The van der Waals surface area contributed by atoms with Crippen LogP contribution in [0.3, 0.4) is 0 Å². The van der Waals surface area contributed by atoms with E-state index in [0.717, 1.165) is 18.7 Å². The molecule has 0 aromatic heterocycles. The lowest BCUT2D eigenvalue weighted by molar-refractivity contribution is 0.628. The Kier molecular flexibility index (Phi) is 9.03. The zero-order valence-electron chi connectivity index (χ0n) is 11.5. The molecule has 0 radical (unpaired) electrons. The molecule has 0 unspecified atom stereocenters. The summed E-state index contributed by atoms with van der Waals surface area (Å²) >= 11 is 14.6. The SMILES string of the molecule is Cc1cccc(CCNc2ccc(F)cc2)c1.ClP(Cl)Cl. The van der Waals surface area contributed by atoms with E-state index in [-0.39, 0.29) is 5.82 Å². The molecular weight excluding hydrogens is 351 g/mol. The van der Waals surface area contributed by atoms with E-state index in [1.165, 1.54) is 23.3 Å². The van der Waals surface area contributed by atoms with Gasteiger partial charge in [0.15, 0.2) is 5.98 Å². The van der Waals surface area contributed by atoms with Crippen molar-refractivity contribution in [3.8, 4) is 0 Å². The monoisotopic (exact) mass is 365 g/mol. The van der Waals surface area contributed by atoms with E-state index < -0.39 is 5.98 Å². The van der Waals surface area contributed by atoms with Gasteiger partial charge in [0, 0.05) is 12.2 Å². The quantitative estimate of drug-likeness (QED) is 0.592. The van der Waals surface area contributed by atoms with Crippen molar-refractivity contribution in [2.75, 3.05) is 11.9 Å². The van der Waals surface area contributed by atoms with Gasteiger partial charge in [-0.25, -0.2) is 4.39 Å². The minimum Gasteiger partial charge on any atom is -0.385 e. The van der Waals surface area contributed by atoms with Crippen molar-refractivity contribution in [1.82, 2.24) is 0 Å². The van der Waals surface area contributed by atoms with Gasteiger partial charge < -0.3 is 5.32 Å². The molecule has 0 heterocycles. The fourth-order valence-corrected chi connectivity index (χ4v) is 1.79. The predicted octanol–water partition coefficient (Wildman–Crippen LogP) is 6.72. The van der Waals surface area contributed by atoms with Crippen LogP contribution in [0.2, 0.25) is 0 Å². The maximum atomic E-state index is 12.7. The van der Waals surface area contributed by atoms with Gasteiger partial charge in [0.1, 0.15) is 5.82 Å². The summed E-state index contributed by atoms with van der Waals surface area (Å²) in [5, 5.41) is 3.27. The van der Waals surface area contributed by atoms with Crippen LogP contribution in [0.5, 0.6) is 0 Å². The van der Waals surface area contributed by atoms with Gasteiger partial charge in [-0.05, 0) is 43.2 Å². The Labute approximate surface area is 140 Å². The second-order valence-corrected chi connectivity index (χ2v) is 9.35. The van der Waals surface area contributed by atoms with Crippen LogP contribution in [0.1, 0.15) is 11.1 Å². The van der Waals surface area contributed by atoms with Crippen LogP contribution in [-0.4, -0.2) is 6.54 Å². The lowest BCUT2D eigenvalue weighted by Gasteiger charge is -2.06. The van der Waals surface area contributed by atoms with Crippen molar-refractivity contribution < 1.29 is 4.39 Å². The van der Waals surface area contributed by atoms with Crippen LogP contribution in [-0.2, 0) is 6.42 Å². The van der Waals surface area contributed by atoms with Crippen LogP contribution in [0.15, 0.2) is 48.5 Å². The summed E-state index contributed by atoms with van der Waals surface area (Å²) in [5.41, 5.74) is 3.56. The van der Waals surface area contributed by atoms with Crippen molar-refractivity contribution in [3.63, 3.8) is 0 Å². The number of aryl methyl sites for hydroxylation is 1. The highest BCUT2D eigenvalue weighted by atomic mass is 36.0. The van der Waals surface area contributed by atoms with E-state index in [2.05, 4.69) is 36.5 Å². The second-order valence-electron chi connectivity index (χ2n) is 4.36. The van der Waals surface area contributed by atoms with E-state index in [4.69, 9.17) is 33.7 Å². The van der Waals surface area contributed by atoms with Crippen LogP contribution in [0, 0.1) is 12.7 Å². The number of rotatable bonds is 4. The molecule has 0 aliphatic heterocycles. The molecule has 0 aliphatic rings. The third-order valence-electron chi connectivity index (χ3n) is 2.67. The first-order chi connectivity index (χ1) is 9.97. The summed E-state index contributed by atoms with van der Waals surface area (Å²) in [7, 11) is 0. The first-order valence-corrected chi connectivity index (χ1v) is 10.4. The van der Waals surface area contributed by atoms with Crippen LogP contribution < -0.4 is 5.32 Å². The smallest absolute Gasteiger partial charge is 0.179 e. The van der Waals surface area contributed by atoms with E-state index in [1.807, 2.05) is 0 Å². The predicted molar refractivity (Wildman–Crippen MR) is 94.3 cm³/mol. The summed E-state index contributed by atoms with van der Waals surface area (Å²) in [6.07, 6.45) is 0.971.